The first-order chi connectivity index (χ1) is 12.3. The van der Waals surface area contributed by atoms with Gasteiger partial charge in [-0.1, -0.05) is 18.2 Å². The van der Waals surface area contributed by atoms with Gasteiger partial charge < -0.3 is 14.2 Å². The number of benzene rings is 1. The Hall–Kier alpha value is -1.85. The van der Waals surface area contributed by atoms with Gasteiger partial charge >= 0.3 is 0 Å². The van der Waals surface area contributed by atoms with Crippen LogP contribution in [0.1, 0.15) is 17.8 Å². The Bertz CT molecular complexity index is 691. The molecule has 3 heterocycles. The fourth-order valence-corrected chi connectivity index (χ4v) is 3.96. The third-order valence-corrected chi connectivity index (χ3v) is 5.53. The second-order valence-corrected chi connectivity index (χ2v) is 7.35. The van der Waals surface area contributed by atoms with Crippen LogP contribution in [0.15, 0.2) is 36.7 Å². The monoisotopic (exact) mass is 340 g/mol. The number of fused-ring (bicyclic) bond motifs is 1. The van der Waals surface area contributed by atoms with Crippen LogP contribution >= 0.6 is 0 Å². The van der Waals surface area contributed by atoms with Crippen LogP contribution in [0.4, 0.5) is 0 Å². The molecule has 5 heteroatoms. The molecule has 0 amide bonds. The van der Waals surface area contributed by atoms with Gasteiger partial charge in [-0.05, 0) is 30.4 Å². The Balaban J connectivity index is 1.28. The molecule has 25 heavy (non-hydrogen) atoms. The van der Waals surface area contributed by atoms with E-state index in [0.29, 0.717) is 5.92 Å². The third kappa shape index (κ3) is 4.05. The first kappa shape index (κ1) is 16.6. The Labute approximate surface area is 150 Å². The second kappa shape index (κ2) is 7.58. The van der Waals surface area contributed by atoms with Crippen molar-refractivity contribution in [2.75, 3.05) is 39.3 Å². The standard InChI is InChI=1S/C20H28N4O/c1-22-8-7-21-20(22)16-24-11-9-23(10-12-24)15-17-6-13-25-19-5-3-2-4-18(19)14-17/h2-5,7-8,17H,6,9-16H2,1H3. The molecular formula is C20H28N4O. The summed E-state index contributed by atoms with van der Waals surface area (Å²) in [5, 5.41) is 0. The molecule has 1 fully saturated rings. The zero-order chi connectivity index (χ0) is 17.1. The number of hydrogen-bond donors (Lipinski definition) is 0. The molecule has 0 N–H and O–H groups in total. The van der Waals surface area contributed by atoms with Gasteiger partial charge in [-0.3, -0.25) is 4.90 Å². The number of piperazine rings is 1. The number of rotatable bonds is 4. The number of aromatic nitrogens is 2. The molecule has 0 saturated carbocycles. The lowest BCUT2D eigenvalue weighted by atomic mass is 9.96. The molecule has 5 nitrogen and oxygen atoms in total. The number of nitrogens with zero attached hydrogens (tertiary/aromatic N) is 4. The van der Waals surface area contributed by atoms with E-state index in [1.165, 1.54) is 12.1 Å². The second-order valence-electron chi connectivity index (χ2n) is 7.35. The molecule has 0 aliphatic carbocycles. The van der Waals surface area contributed by atoms with Gasteiger partial charge in [0.1, 0.15) is 11.6 Å². The molecule has 1 atom stereocenters. The summed E-state index contributed by atoms with van der Waals surface area (Å²) >= 11 is 0. The normalized spacial score (nSPS) is 22.2. The van der Waals surface area contributed by atoms with Crippen LogP contribution in [0.3, 0.4) is 0 Å². The van der Waals surface area contributed by atoms with Crippen LogP contribution in [-0.4, -0.2) is 58.7 Å². The van der Waals surface area contributed by atoms with Gasteiger partial charge in [0.05, 0.1) is 13.2 Å². The summed E-state index contributed by atoms with van der Waals surface area (Å²) in [6.07, 6.45) is 6.21. The van der Waals surface area contributed by atoms with Crippen LogP contribution < -0.4 is 4.74 Å². The molecular weight excluding hydrogens is 312 g/mol. The van der Waals surface area contributed by atoms with Crippen molar-refractivity contribution in [2.24, 2.45) is 13.0 Å². The van der Waals surface area contributed by atoms with Crippen molar-refractivity contribution in [1.29, 1.82) is 0 Å². The number of imidazole rings is 1. The topological polar surface area (TPSA) is 33.5 Å². The van der Waals surface area contributed by atoms with Gasteiger partial charge in [-0.25, -0.2) is 4.98 Å². The zero-order valence-corrected chi connectivity index (χ0v) is 15.1. The summed E-state index contributed by atoms with van der Waals surface area (Å²) in [5.41, 5.74) is 1.37. The summed E-state index contributed by atoms with van der Waals surface area (Å²) in [5.74, 6) is 2.95. The van der Waals surface area contributed by atoms with Gasteiger partial charge in [0.25, 0.3) is 0 Å². The highest BCUT2D eigenvalue weighted by Crippen LogP contribution is 2.27. The van der Waals surface area contributed by atoms with Gasteiger partial charge in [0.15, 0.2) is 0 Å². The van der Waals surface area contributed by atoms with Crippen LogP contribution in [0, 0.1) is 5.92 Å². The van der Waals surface area contributed by atoms with E-state index in [1.54, 1.807) is 0 Å². The quantitative estimate of drug-likeness (QED) is 0.854. The maximum Gasteiger partial charge on any atom is 0.122 e. The van der Waals surface area contributed by atoms with Gasteiger partial charge in [-0.15, -0.1) is 0 Å². The van der Waals surface area contributed by atoms with Crippen molar-refractivity contribution >= 4 is 0 Å². The lowest BCUT2D eigenvalue weighted by Gasteiger charge is -2.36. The lowest BCUT2D eigenvalue weighted by molar-refractivity contribution is 0.107. The van der Waals surface area contributed by atoms with E-state index in [4.69, 9.17) is 4.74 Å². The summed E-state index contributed by atoms with van der Waals surface area (Å²) in [4.78, 5) is 9.60. The highest BCUT2D eigenvalue weighted by Gasteiger charge is 2.23. The molecule has 0 spiro atoms. The van der Waals surface area contributed by atoms with Crippen molar-refractivity contribution in [3.8, 4) is 5.75 Å². The fraction of sp³-hybridized carbons (Fsp3) is 0.550. The molecule has 0 bridgehead atoms. The highest BCUT2D eigenvalue weighted by molar-refractivity contribution is 5.34. The predicted octanol–water partition coefficient (Wildman–Crippen LogP) is 2.18. The number of aryl methyl sites for hydroxylation is 1. The minimum atomic E-state index is 0.699. The van der Waals surface area contributed by atoms with E-state index in [9.17, 15) is 0 Å². The van der Waals surface area contributed by atoms with Crippen molar-refractivity contribution in [3.63, 3.8) is 0 Å². The van der Waals surface area contributed by atoms with Gasteiger partial charge in [0, 0.05) is 52.2 Å². The first-order valence-electron chi connectivity index (χ1n) is 9.39. The lowest BCUT2D eigenvalue weighted by Crippen LogP contribution is -2.47. The highest BCUT2D eigenvalue weighted by atomic mass is 16.5. The Morgan fingerprint density at radius 1 is 1.12 bits per heavy atom. The maximum atomic E-state index is 5.92. The molecule has 2 aliphatic rings. The molecule has 4 rings (SSSR count). The third-order valence-electron chi connectivity index (χ3n) is 5.53. The average Bonchev–Trinajstić information content (AvgIpc) is 2.91. The van der Waals surface area contributed by atoms with Gasteiger partial charge in [-0.2, -0.15) is 0 Å². The molecule has 1 aromatic heterocycles. The van der Waals surface area contributed by atoms with Crippen LogP contribution in [0.2, 0.25) is 0 Å². The van der Waals surface area contributed by atoms with Crippen molar-refractivity contribution in [1.82, 2.24) is 19.4 Å². The summed E-state index contributed by atoms with van der Waals surface area (Å²) in [6, 6.07) is 8.52. The van der Waals surface area contributed by atoms with Gasteiger partial charge in [0.2, 0.25) is 0 Å². The van der Waals surface area contributed by atoms with Crippen LogP contribution in [-0.2, 0) is 20.0 Å². The molecule has 1 unspecified atom stereocenters. The molecule has 1 aromatic carbocycles. The first-order valence-corrected chi connectivity index (χ1v) is 9.39. The van der Waals surface area contributed by atoms with Crippen molar-refractivity contribution in [3.05, 3.63) is 48.0 Å². The molecule has 1 saturated heterocycles. The van der Waals surface area contributed by atoms with E-state index in [0.717, 1.165) is 63.7 Å². The largest absolute Gasteiger partial charge is 0.493 e. The number of hydrogen-bond acceptors (Lipinski definition) is 4. The summed E-state index contributed by atoms with van der Waals surface area (Å²) in [6.45, 7) is 7.57. The zero-order valence-electron chi connectivity index (χ0n) is 15.1. The SMILES string of the molecule is Cn1ccnc1CN1CCN(CC2CCOc3ccccc3C2)CC1. The fourth-order valence-electron chi connectivity index (χ4n) is 3.96. The Morgan fingerprint density at radius 2 is 1.92 bits per heavy atom. The van der Waals surface area contributed by atoms with Crippen LogP contribution in [0.25, 0.3) is 0 Å². The minimum Gasteiger partial charge on any atom is -0.493 e. The van der Waals surface area contributed by atoms with E-state index < -0.39 is 0 Å². The average molecular weight is 340 g/mol. The van der Waals surface area contributed by atoms with Crippen LogP contribution in [0.5, 0.6) is 5.75 Å². The molecule has 0 radical (unpaired) electrons. The molecule has 134 valence electrons. The summed E-state index contributed by atoms with van der Waals surface area (Å²) in [7, 11) is 2.07. The maximum absolute atomic E-state index is 5.92. The van der Waals surface area contributed by atoms with E-state index in [2.05, 4.69) is 50.7 Å². The molecule has 2 aliphatic heterocycles. The van der Waals surface area contributed by atoms with E-state index in [-0.39, 0.29) is 0 Å². The van der Waals surface area contributed by atoms with E-state index in [1.807, 2.05) is 12.4 Å². The predicted molar refractivity (Wildman–Crippen MR) is 98.7 cm³/mol. The summed E-state index contributed by atoms with van der Waals surface area (Å²) < 4.78 is 8.04. The molecule has 2 aromatic rings. The Morgan fingerprint density at radius 3 is 2.72 bits per heavy atom. The van der Waals surface area contributed by atoms with E-state index >= 15 is 0 Å². The minimum absolute atomic E-state index is 0.699. The van der Waals surface area contributed by atoms with Crippen molar-refractivity contribution in [2.45, 2.75) is 19.4 Å². The Kier molecular flexibility index (Phi) is 5.04. The number of para-hydroxylation sites is 1. The smallest absolute Gasteiger partial charge is 0.122 e. The number of ether oxygens (including phenoxy) is 1. The van der Waals surface area contributed by atoms with Crippen molar-refractivity contribution < 1.29 is 4.74 Å².